The molecule has 1 aromatic heterocycles. The van der Waals surface area contributed by atoms with Crippen LogP contribution in [0.2, 0.25) is 0 Å². The third-order valence-corrected chi connectivity index (χ3v) is 3.46. The maximum absolute atomic E-state index is 12.0. The van der Waals surface area contributed by atoms with Crippen LogP contribution in [0.5, 0.6) is 0 Å². The van der Waals surface area contributed by atoms with Crippen LogP contribution in [0.4, 0.5) is 0 Å². The van der Waals surface area contributed by atoms with Crippen LogP contribution in [0.1, 0.15) is 43.1 Å². The summed E-state index contributed by atoms with van der Waals surface area (Å²) < 4.78 is 1.72. The predicted octanol–water partition coefficient (Wildman–Crippen LogP) is 0.297. The average molecular weight is 267 g/mol. The molecule has 1 aromatic rings. The van der Waals surface area contributed by atoms with Gasteiger partial charge in [-0.1, -0.05) is 6.92 Å². The number of nitrogens with one attached hydrogen (secondary N) is 1. The summed E-state index contributed by atoms with van der Waals surface area (Å²) in [6.45, 7) is 2.82. The van der Waals surface area contributed by atoms with Gasteiger partial charge < -0.3 is 15.5 Å². The van der Waals surface area contributed by atoms with E-state index in [4.69, 9.17) is 0 Å². The van der Waals surface area contributed by atoms with Crippen molar-refractivity contribution in [3.05, 3.63) is 18.0 Å². The smallest absolute Gasteiger partial charge is 0.272 e. The zero-order valence-electron chi connectivity index (χ0n) is 11.1. The van der Waals surface area contributed by atoms with E-state index in [1.165, 1.54) is 0 Å². The van der Waals surface area contributed by atoms with Crippen molar-refractivity contribution in [3.63, 3.8) is 0 Å². The molecule has 0 aliphatic heterocycles. The number of amides is 1. The van der Waals surface area contributed by atoms with E-state index in [1.807, 2.05) is 6.92 Å². The van der Waals surface area contributed by atoms with Gasteiger partial charge in [-0.15, -0.1) is 0 Å². The molecule has 1 aliphatic rings. The first kappa shape index (κ1) is 14.0. The molecular formula is C13H21N3O3. The second-order valence-electron chi connectivity index (χ2n) is 5.03. The Morgan fingerprint density at radius 3 is 3.05 bits per heavy atom. The lowest BCUT2D eigenvalue weighted by molar-refractivity contribution is -0.0278. The third-order valence-electron chi connectivity index (χ3n) is 3.46. The molecule has 3 N–H and O–H groups in total. The molecular weight excluding hydrogens is 246 g/mol. The highest BCUT2D eigenvalue weighted by atomic mass is 16.3. The fraction of sp³-hybridized carbons (Fsp3) is 0.692. The summed E-state index contributed by atoms with van der Waals surface area (Å²) in [5, 5.41) is 26.3. The lowest BCUT2D eigenvalue weighted by Crippen LogP contribution is -2.51. The fourth-order valence-corrected chi connectivity index (χ4v) is 2.39. The summed E-state index contributed by atoms with van der Waals surface area (Å²) in [5.74, 6) is -0.298. The Labute approximate surface area is 112 Å². The van der Waals surface area contributed by atoms with Crippen molar-refractivity contribution in [2.24, 2.45) is 0 Å². The van der Waals surface area contributed by atoms with Crippen LogP contribution in [0.3, 0.4) is 0 Å². The molecule has 106 valence electrons. The molecule has 1 amide bonds. The molecule has 1 fully saturated rings. The summed E-state index contributed by atoms with van der Waals surface area (Å²) in [6.07, 6.45) is 3.14. The minimum Gasteiger partial charge on any atom is -0.390 e. The van der Waals surface area contributed by atoms with Gasteiger partial charge >= 0.3 is 0 Å². The molecule has 0 saturated heterocycles. The molecule has 1 saturated carbocycles. The van der Waals surface area contributed by atoms with Crippen LogP contribution in [0, 0.1) is 0 Å². The Morgan fingerprint density at radius 2 is 2.32 bits per heavy atom. The molecule has 2 rings (SSSR count). The summed E-state index contributed by atoms with van der Waals surface area (Å²) in [5.41, 5.74) is 0.348. The van der Waals surface area contributed by atoms with Gasteiger partial charge in [-0.25, -0.2) is 0 Å². The number of aliphatic hydroxyl groups excluding tert-OH is 2. The first-order valence-electron chi connectivity index (χ1n) is 6.82. The minimum atomic E-state index is -0.893. The lowest BCUT2D eigenvalue weighted by Gasteiger charge is -2.32. The number of hydrogen-bond donors (Lipinski definition) is 3. The summed E-state index contributed by atoms with van der Waals surface area (Å²) >= 11 is 0. The molecule has 1 heterocycles. The standard InChI is InChI=1S/C13H21N3O3/c1-2-7-16-8-6-10(15-16)13(19)14-9-4-3-5-11(17)12(9)18/h6,8-9,11-12,17-18H,2-5,7H2,1H3,(H,14,19)/t9-,11-,12-/m1/s1. The monoisotopic (exact) mass is 267 g/mol. The second-order valence-corrected chi connectivity index (χ2v) is 5.03. The van der Waals surface area contributed by atoms with Gasteiger partial charge in [0.05, 0.1) is 18.2 Å². The van der Waals surface area contributed by atoms with Crippen molar-refractivity contribution >= 4 is 5.91 Å². The van der Waals surface area contributed by atoms with Gasteiger partial charge in [0.25, 0.3) is 5.91 Å². The predicted molar refractivity (Wildman–Crippen MR) is 69.6 cm³/mol. The number of rotatable bonds is 4. The zero-order valence-corrected chi connectivity index (χ0v) is 11.1. The molecule has 0 unspecified atom stereocenters. The molecule has 1 aliphatic carbocycles. The first-order valence-corrected chi connectivity index (χ1v) is 6.82. The van der Waals surface area contributed by atoms with Gasteiger partial charge in [0.1, 0.15) is 5.69 Å². The van der Waals surface area contributed by atoms with E-state index >= 15 is 0 Å². The van der Waals surface area contributed by atoms with E-state index in [9.17, 15) is 15.0 Å². The Hall–Kier alpha value is -1.40. The van der Waals surface area contributed by atoms with E-state index < -0.39 is 18.2 Å². The van der Waals surface area contributed by atoms with Gasteiger partial charge in [-0.3, -0.25) is 9.48 Å². The van der Waals surface area contributed by atoms with Gasteiger partial charge in [-0.05, 0) is 31.7 Å². The highest BCUT2D eigenvalue weighted by molar-refractivity contribution is 5.92. The number of nitrogens with zero attached hydrogens (tertiary/aromatic N) is 2. The van der Waals surface area contributed by atoms with E-state index in [1.54, 1.807) is 16.9 Å². The van der Waals surface area contributed by atoms with Crippen LogP contribution < -0.4 is 5.32 Å². The van der Waals surface area contributed by atoms with Crippen LogP contribution in [-0.4, -0.2) is 44.2 Å². The average Bonchev–Trinajstić information content (AvgIpc) is 2.84. The number of aliphatic hydroxyl groups is 2. The summed E-state index contributed by atoms with van der Waals surface area (Å²) in [4.78, 5) is 12.0. The lowest BCUT2D eigenvalue weighted by atomic mass is 9.90. The van der Waals surface area contributed by atoms with Crippen molar-refractivity contribution in [1.82, 2.24) is 15.1 Å². The SMILES string of the molecule is CCCn1ccc(C(=O)N[C@@H]2CCC[C@@H](O)[C@@H]2O)n1. The fourth-order valence-electron chi connectivity index (χ4n) is 2.39. The van der Waals surface area contributed by atoms with E-state index in [-0.39, 0.29) is 5.91 Å². The van der Waals surface area contributed by atoms with Crippen LogP contribution >= 0.6 is 0 Å². The molecule has 0 radical (unpaired) electrons. The van der Waals surface area contributed by atoms with Gasteiger partial charge in [0, 0.05) is 12.7 Å². The normalized spacial score (nSPS) is 27.2. The zero-order chi connectivity index (χ0) is 13.8. The summed E-state index contributed by atoms with van der Waals surface area (Å²) in [6, 6.07) is 1.27. The minimum absolute atomic E-state index is 0.298. The third kappa shape index (κ3) is 3.33. The molecule has 0 bridgehead atoms. The second kappa shape index (κ2) is 6.16. The van der Waals surface area contributed by atoms with Gasteiger partial charge in [-0.2, -0.15) is 5.10 Å². The van der Waals surface area contributed by atoms with Crippen molar-refractivity contribution in [3.8, 4) is 0 Å². The molecule has 3 atom stereocenters. The largest absolute Gasteiger partial charge is 0.390 e. The molecule has 0 spiro atoms. The number of aryl methyl sites for hydroxylation is 1. The molecule has 6 nitrogen and oxygen atoms in total. The Balaban J connectivity index is 1.95. The molecule has 6 heteroatoms. The van der Waals surface area contributed by atoms with Gasteiger partial charge in [0.2, 0.25) is 0 Å². The summed E-state index contributed by atoms with van der Waals surface area (Å²) in [7, 11) is 0. The van der Waals surface area contributed by atoms with Crippen LogP contribution in [-0.2, 0) is 6.54 Å². The van der Waals surface area contributed by atoms with Crippen molar-refractivity contribution < 1.29 is 15.0 Å². The number of carbonyl (C=O) groups is 1. The maximum Gasteiger partial charge on any atom is 0.272 e. The van der Waals surface area contributed by atoms with Crippen molar-refractivity contribution in [1.29, 1.82) is 0 Å². The van der Waals surface area contributed by atoms with Crippen LogP contribution in [0.15, 0.2) is 12.3 Å². The highest BCUT2D eigenvalue weighted by Crippen LogP contribution is 2.19. The van der Waals surface area contributed by atoms with Gasteiger partial charge in [0.15, 0.2) is 0 Å². The van der Waals surface area contributed by atoms with Crippen molar-refractivity contribution in [2.75, 3.05) is 0 Å². The van der Waals surface area contributed by atoms with E-state index in [0.717, 1.165) is 19.4 Å². The van der Waals surface area contributed by atoms with E-state index in [2.05, 4.69) is 10.4 Å². The molecule has 19 heavy (non-hydrogen) atoms. The number of aromatic nitrogens is 2. The Morgan fingerprint density at radius 1 is 1.53 bits per heavy atom. The van der Waals surface area contributed by atoms with Crippen molar-refractivity contribution in [2.45, 2.75) is 57.4 Å². The Bertz CT molecular complexity index is 433. The quantitative estimate of drug-likeness (QED) is 0.732. The number of carbonyl (C=O) groups excluding carboxylic acids is 1. The first-order chi connectivity index (χ1) is 9.11. The number of hydrogen-bond acceptors (Lipinski definition) is 4. The topological polar surface area (TPSA) is 87.4 Å². The highest BCUT2D eigenvalue weighted by Gasteiger charge is 2.31. The van der Waals surface area contributed by atoms with Crippen LogP contribution in [0.25, 0.3) is 0 Å². The maximum atomic E-state index is 12.0. The Kier molecular flexibility index (Phi) is 4.55. The molecule has 0 aromatic carbocycles. The van der Waals surface area contributed by atoms with E-state index in [0.29, 0.717) is 18.5 Å².